The van der Waals surface area contributed by atoms with Gasteiger partial charge in [0.05, 0.1) is 12.0 Å². The summed E-state index contributed by atoms with van der Waals surface area (Å²) < 4.78 is 0. The lowest BCUT2D eigenvalue weighted by molar-refractivity contribution is -0.141. The minimum Gasteiger partial charge on any atom is -0.481 e. The van der Waals surface area contributed by atoms with Gasteiger partial charge < -0.3 is 10.2 Å². The van der Waals surface area contributed by atoms with Crippen LogP contribution in [0.2, 0.25) is 0 Å². The quantitative estimate of drug-likeness (QED) is 0.791. The molecule has 0 amide bonds. The maximum Gasteiger partial charge on any atom is 0.306 e. The number of carbonyl (C=O) groups is 1. The van der Waals surface area contributed by atoms with Gasteiger partial charge in [-0.3, -0.25) is 4.79 Å². The Morgan fingerprint density at radius 3 is 2.26 bits per heavy atom. The van der Waals surface area contributed by atoms with Crippen molar-refractivity contribution < 1.29 is 15.0 Å². The Morgan fingerprint density at radius 1 is 1.21 bits per heavy atom. The Morgan fingerprint density at radius 2 is 1.79 bits per heavy atom. The van der Waals surface area contributed by atoms with Crippen LogP contribution in [0.15, 0.2) is 24.3 Å². The van der Waals surface area contributed by atoms with Crippen LogP contribution in [0.1, 0.15) is 50.3 Å². The summed E-state index contributed by atoms with van der Waals surface area (Å²) >= 11 is 0. The third-order valence-corrected chi connectivity index (χ3v) is 3.78. The molecule has 0 spiro atoms. The van der Waals surface area contributed by atoms with Gasteiger partial charge in [-0.2, -0.15) is 0 Å². The van der Waals surface area contributed by atoms with Gasteiger partial charge in [-0.1, -0.05) is 50.1 Å². The van der Waals surface area contributed by atoms with Crippen LogP contribution in [-0.2, 0) is 4.79 Å². The molecular formula is C16H24O3. The molecule has 1 aromatic rings. The summed E-state index contributed by atoms with van der Waals surface area (Å²) in [6.45, 7) is 5.77. The number of aryl methyl sites for hydroxylation is 1. The van der Waals surface area contributed by atoms with Gasteiger partial charge in [0.2, 0.25) is 0 Å². The number of aliphatic carboxylic acids is 1. The van der Waals surface area contributed by atoms with E-state index in [2.05, 4.69) is 0 Å². The van der Waals surface area contributed by atoms with Crippen molar-refractivity contribution in [3.05, 3.63) is 35.4 Å². The first-order valence-electron chi connectivity index (χ1n) is 6.93. The summed E-state index contributed by atoms with van der Waals surface area (Å²) in [7, 11) is 0. The monoisotopic (exact) mass is 264 g/mol. The Labute approximate surface area is 115 Å². The molecule has 0 saturated heterocycles. The second-order valence-corrected chi connectivity index (χ2v) is 5.34. The van der Waals surface area contributed by atoms with Crippen LogP contribution in [-0.4, -0.2) is 16.2 Å². The van der Waals surface area contributed by atoms with Gasteiger partial charge in [-0.15, -0.1) is 0 Å². The molecule has 3 atom stereocenters. The average molecular weight is 264 g/mol. The van der Waals surface area contributed by atoms with Gasteiger partial charge in [0.25, 0.3) is 0 Å². The fraction of sp³-hybridized carbons (Fsp3) is 0.562. The van der Waals surface area contributed by atoms with Crippen LogP contribution in [0.3, 0.4) is 0 Å². The van der Waals surface area contributed by atoms with Gasteiger partial charge in [0.1, 0.15) is 0 Å². The second kappa shape index (κ2) is 7.29. The molecule has 19 heavy (non-hydrogen) atoms. The lowest BCUT2D eigenvalue weighted by Crippen LogP contribution is -2.16. The van der Waals surface area contributed by atoms with Gasteiger partial charge >= 0.3 is 5.97 Å². The van der Waals surface area contributed by atoms with E-state index in [4.69, 9.17) is 5.11 Å². The number of aliphatic hydroxyl groups excluding tert-OH is 1. The minimum atomic E-state index is -0.764. The summed E-state index contributed by atoms with van der Waals surface area (Å²) in [6.07, 6.45) is 1.68. The first-order valence-corrected chi connectivity index (χ1v) is 6.93. The maximum absolute atomic E-state index is 10.8. The zero-order chi connectivity index (χ0) is 14.4. The third kappa shape index (κ3) is 4.67. The smallest absolute Gasteiger partial charge is 0.306 e. The van der Waals surface area contributed by atoms with E-state index in [-0.39, 0.29) is 11.8 Å². The standard InChI is InChI=1S/C16H24O3/c1-4-13(10-7-12(3)16(18)19)15(17)14-8-5-11(2)6-9-14/h5-6,8-9,12-13,15,17H,4,7,10H2,1-3H3,(H,18,19). The summed E-state index contributed by atoms with van der Waals surface area (Å²) in [6, 6.07) is 7.88. The van der Waals surface area contributed by atoms with E-state index in [1.165, 1.54) is 5.56 Å². The molecule has 0 aliphatic carbocycles. The predicted molar refractivity (Wildman–Crippen MR) is 76.0 cm³/mol. The van der Waals surface area contributed by atoms with Crippen molar-refractivity contribution in [1.82, 2.24) is 0 Å². The van der Waals surface area contributed by atoms with Crippen molar-refractivity contribution in [1.29, 1.82) is 0 Å². The molecule has 3 unspecified atom stereocenters. The zero-order valence-electron chi connectivity index (χ0n) is 12.0. The van der Waals surface area contributed by atoms with Gasteiger partial charge in [0, 0.05) is 0 Å². The molecule has 0 heterocycles. The number of benzene rings is 1. The van der Waals surface area contributed by atoms with Gasteiger partial charge in [-0.25, -0.2) is 0 Å². The van der Waals surface area contributed by atoms with Crippen molar-refractivity contribution in [2.45, 2.75) is 46.1 Å². The first kappa shape index (κ1) is 15.7. The molecule has 1 rings (SSSR count). The summed E-state index contributed by atoms with van der Waals surface area (Å²) in [5.41, 5.74) is 2.09. The van der Waals surface area contributed by atoms with Crippen molar-refractivity contribution in [2.24, 2.45) is 11.8 Å². The molecular weight excluding hydrogens is 240 g/mol. The Kier molecular flexibility index (Phi) is 6.03. The number of carboxylic acids is 1. The normalized spacial score (nSPS) is 15.8. The van der Waals surface area contributed by atoms with E-state index in [0.717, 1.165) is 18.4 Å². The van der Waals surface area contributed by atoms with Crippen LogP contribution in [0.5, 0.6) is 0 Å². The van der Waals surface area contributed by atoms with Gasteiger partial charge in [0.15, 0.2) is 0 Å². The number of hydrogen-bond acceptors (Lipinski definition) is 2. The highest BCUT2D eigenvalue weighted by Crippen LogP contribution is 2.29. The third-order valence-electron chi connectivity index (χ3n) is 3.78. The first-order chi connectivity index (χ1) is 8.95. The lowest BCUT2D eigenvalue weighted by atomic mass is 9.87. The molecule has 0 bridgehead atoms. The largest absolute Gasteiger partial charge is 0.481 e. The Hall–Kier alpha value is -1.35. The second-order valence-electron chi connectivity index (χ2n) is 5.34. The van der Waals surface area contributed by atoms with E-state index in [0.29, 0.717) is 6.42 Å². The lowest BCUT2D eigenvalue weighted by Gasteiger charge is -2.23. The van der Waals surface area contributed by atoms with Crippen LogP contribution in [0, 0.1) is 18.8 Å². The van der Waals surface area contributed by atoms with Crippen molar-refractivity contribution in [3.63, 3.8) is 0 Å². The van der Waals surface area contributed by atoms with Crippen LogP contribution < -0.4 is 0 Å². The van der Waals surface area contributed by atoms with E-state index >= 15 is 0 Å². The summed E-state index contributed by atoms with van der Waals surface area (Å²) in [5.74, 6) is -0.997. The molecule has 0 fully saturated rings. The number of aliphatic hydroxyl groups is 1. The highest BCUT2D eigenvalue weighted by Gasteiger charge is 2.21. The molecule has 106 valence electrons. The van der Waals surface area contributed by atoms with Crippen molar-refractivity contribution in [2.75, 3.05) is 0 Å². The topological polar surface area (TPSA) is 57.5 Å². The number of hydrogen-bond donors (Lipinski definition) is 2. The van der Waals surface area contributed by atoms with E-state index in [9.17, 15) is 9.90 Å². The zero-order valence-corrected chi connectivity index (χ0v) is 12.0. The minimum absolute atomic E-state index is 0.115. The molecule has 2 N–H and O–H groups in total. The Bertz CT molecular complexity index is 397. The van der Waals surface area contributed by atoms with Crippen molar-refractivity contribution >= 4 is 5.97 Å². The van der Waals surface area contributed by atoms with Crippen molar-refractivity contribution in [3.8, 4) is 0 Å². The molecule has 0 radical (unpaired) electrons. The highest BCUT2D eigenvalue weighted by atomic mass is 16.4. The predicted octanol–water partition coefficient (Wildman–Crippen LogP) is 3.56. The molecule has 3 nitrogen and oxygen atoms in total. The SMILES string of the molecule is CCC(CCC(C)C(=O)O)C(O)c1ccc(C)cc1. The number of rotatable bonds is 7. The Balaban J connectivity index is 2.63. The van der Waals surface area contributed by atoms with Crippen LogP contribution in [0.25, 0.3) is 0 Å². The fourth-order valence-corrected chi connectivity index (χ4v) is 2.21. The average Bonchev–Trinajstić information content (AvgIpc) is 2.39. The molecule has 3 heteroatoms. The van der Waals surface area contributed by atoms with E-state index < -0.39 is 12.1 Å². The fourth-order valence-electron chi connectivity index (χ4n) is 2.21. The molecule has 0 aromatic heterocycles. The maximum atomic E-state index is 10.8. The molecule has 0 aliphatic heterocycles. The van der Waals surface area contributed by atoms with E-state index in [1.807, 2.05) is 38.1 Å². The molecule has 1 aromatic carbocycles. The van der Waals surface area contributed by atoms with Gasteiger partial charge in [-0.05, 0) is 31.2 Å². The number of carboxylic acid groups (broad SMARTS) is 1. The molecule has 0 aliphatic rings. The van der Waals surface area contributed by atoms with Crippen LogP contribution >= 0.6 is 0 Å². The van der Waals surface area contributed by atoms with E-state index in [1.54, 1.807) is 6.92 Å². The highest BCUT2D eigenvalue weighted by molar-refractivity contribution is 5.69. The molecule has 0 saturated carbocycles. The summed E-state index contributed by atoms with van der Waals surface area (Å²) in [5, 5.41) is 19.3. The van der Waals surface area contributed by atoms with Crippen LogP contribution in [0.4, 0.5) is 0 Å². The summed E-state index contributed by atoms with van der Waals surface area (Å²) in [4.78, 5) is 10.8.